The van der Waals surface area contributed by atoms with Gasteiger partial charge in [-0.15, -0.1) is 0 Å². The fourth-order valence-corrected chi connectivity index (χ4v) is 1.70. The number of hydrogen-bond donors (Lipinski definition) is 1. The molecule has 0 aromatic heterocycles. The predicted octanol–water partition coefficient (Wildman–Crippen LogP) is 2.57. The maximum Gasteiger partial charge on any atom is 0.104 e. The fraction of sp³-hybridized carbons (Fsp3) is 0.500. The Labute approximate surface area is 115 Å². The van der Waals surface area contributed by atoms with Gasteiger partial charge in [0.15, 0.2) is 0 Å². The van der Waals surface area contributed by atoms with Crippen LogP contribution in [0.25, 0.3) is 0 Å². The standard InChI is InChI=1S/C14H22N2OS/c1-3-4-9-17-10-8-16(2)13-7-5-6-12(11-13)14(15)18/h5-7,11H,3-4,8-10H2,1-2H3,(H2,15,18). The van der Waals surface area contributed by atoms with Crippen LogP contribution in [0, 0.1) is 0 Å². The van der Waals surface area contributed by atoms with Crippen LogP contribution in [0.4, 0.5) is 5.69 Å². The van der Waals surface area contributed by atoms with Crippen LogP contribution in [0.1, 0.15) is 25.3 Å². The smallest absolute Gasteiger partial charge is 0.104 e. The molecule has 0 amide bonds. The second kappa shape index (κ2) is 8.06. The number of nitrogens with two attached hydrogens (primary N) is 1. The molecule has 0 aliphatic carbocycles. The van der Waals surface area contributed by atoms with Crippen molar-refractivity contribution in [3.8, 4) is 0 Å². The highest BCUT2D eigenvalue weighted by atomic mass is 32.1. The first kappa shape index (κ1) is 14.9. The topological polar surface area (TPSA) is 38.5 Å². The maximum absolute atomic E-state index is 5.63. The van der Waals surface area contributed by atoms with E-state index >= 15 is 0 Å². The lowest BCUT2D eigenvalue weighted by atomic mass is 10.2. The molecule has 18 heavy (non-hydrogen) atoms. The van der Waals surface area contributed by atoms with Gasteiger partial charge in [0.05, 0.1) is 6.61 Å². The molecule has 1 rings (SSSR count). The number of benzene rings is 1. The Balaban J connectivity index is 2.43. The van der Waals surface area contributed by atoms with E-state index in [0.29, 0.717) is 4.99 Å². The number of rotatable bonds is 8. The number of likely N-dealkylation sites (N-methyl/N-ethyl adjacent to an activating group) is 1. The van der Waals surface area contributed by atoms with Crippen molar-refractivity contribution in [1.29, 1.82) is 0 Å². The van der Waals surface area contributed by atoms with E-state index in [0.717, 1.165) is 37.4 Å². The van der Waals surface area contributed by atoms with Crippen LogP contribution in [0.2, 0.25) is 0 Å². The van der Waals surface area contributed by atoms with E-state index in [1.165, 1.54) is 6.42 Å². The monoisotopic (exact) mass is 266 g/mol. The van der Waals surface area contributed by atoms with Gasteiger partial charge in [0, 0.05) is 31.5 Å². The number of anilines is 1. The molecular formula is C14H22N2OS. The number of nitrogens with zero attached hydrogens (tertiary/aromatic N) is 1. The summed E-state index contributed by atoms with van der Waals surface area (Å²) in [5.41, 5.74) is 7.64. The highest BCUT2D eigenvalue weighted by molar-refractivity contribution is 7.80. The van der Waals surface area contributed by atoms with Gasteiger partial charge in [-0.2, -0.15) is 0 Å². The first-order chi connectivity index (χ1) is 8.65. The minimum atomic E-state index is 0.435. The van der Waals surface area contributed by atoms with Crippen LogP contribution in [0.3, 0.4) is 0 Å². The Hall–Kier alpha value is -1.13. The molecule has 4 heteroatoms. The van der Waals surface area contributed by atoms with Crippen LogP contribution in [-0.2, 0) is 4.74 Å². The summed E-state index contributed by atoms with van der Waals surface area (Å²) < 4.78 is 5.55. The summed E-state index contributed by atoms with van der Waals surface area (Å²) >= 11 is 4.98. The Morgan fingerprint density at radius 1 is 1.39 bits per heavy atom. The van der Waals surface area contributed by atoms with E-state index in [2.05, 4.69) is 11.8 Å². The first-order valence-electron chi connectivity index (χ1n) is 6.34. The lowest BCUT2D eigenvalue weighted by Gasteiger charge is -2.19. The van der Waals surface area contributed by atoms with Gasteiger partial charge in [0.25, 0.3) is 0 Å². The second-order valence-electron chi connectivity index (χ2n) is 4.30. The minimum Gasteiger partial charge on any atom is -0.389 e. The molecular weight excluding hydrogens is 244 g/mol. The van der Waals surface area contributed by atoms with Crippen molar-refractivity contribution in [2.75, 3.05) is 31.7 Å². The number of hydrogen-bond acceptors (Lipinski definition) is 3. The molecule has 0 radical (unpaired) electrons. The molecule has 0 spiro atoms. The van der Waals surface area contributed by atoms with E-state index < -0.39 is 0 Å². The van der Waals surface area contributed by atoms with E-state index in [-0.39, 0.29) is 0 Å². The van der Waals surface area contributed by atoms with Gasteiger partial charge in [0.1, 0.15) is 4.99 Å². The molecule has 100 valence electrons. The van der Waals surface area contributed by atoms with E-state index in [1.807, 2.05) is 31.3 Å². The fourth-order valence-electron chi connectivity index (χ4n) is 1.58. The highest BCUT2D eigenvalue weighted by Gasteiger charge is 2.03. The SMILES string of the molecule is CCCCOCCN(C)c1cccc(C(N)=S)c1. The van der Waals surface area contributed by atoms with Crippen LogP contribution < -0.4 is 10.6 Å². The summed E-state index contributed by atoms with van der Waals surface area (Å²) in [5, 5.41) is 0. The summed E-state index contributed by atoms with van der Waals surface area (Å²) in [7, 11) is 2.04. The summed E-state index contributed by atoms with van der Waals surface area (Å²) in [6.45, 7) is 4.62. The van der Waals surface area contributed by atoms with Crippen molar-refractivity contribution in [3.63, 3.8) is 0 Å². The lowest BCUT2D eigenvalue weighted by Crippen LogP contribution is -2.23. The van der Waals surface area contributed by atoms with Gasteiger partial charge in [-0.25, -0.2) is 0 Å². The van der Waals surface area contributed by atoms with E-state index in [4.69, 9.17) is 22.7 Å². The summed E-state index contributed by atoms with van der Waals surface area (Å²) in [6.07, 6.45) is 2.30. The summed E-state index contributed by atoms with van der Waals surface area (Å²) in [4.78, 5) is 2.58. The van der Waals surface area contributed by atoms with Gasteiger partial charge in [0.2, 0.25) is 0 Å². The second-order valence-corrected chi connectivity index (χ2v) is 4.74. The summed E-state index contributed by atoms with van der Waals surface area (Å²) in [5.74, 6) is 0. The lowest BCUT2D eigenvalue weighted by molar-refractivity contribution is 0.138. The van der Waals surface area contributed by atoms with Gasteiger partial charge < -0.3 is 15.4 Å². The van der Waals surface area contributed by atoms with Crippen LogP contribution >= 0.6 is 12.2 Å². The maximum atomic E-state index is 5.63. The molecule has 2 N–H and O–H groups in total. The van der Waals surface area contributed by atoms with Gasteiger partial charge in [-0.1, -0.05) is 37.7 Å². The van der Waals surface area contributed by atoms with Crippen LogP contribution in [0.5, 0.6) is 0 Å². The molecule has 0 heterocycles. The third kappa shape index (κ3) is 5.02. The Morgan fingerprint density at radius 2 is 2.17 bits per heavy atom. The Morgan fingerprint density at radius 3 is 2.83 bits per heavy atom. The van der Waals surface area contributed by atoms with Crippen molar-refractivity contribution in [2.45, 2.75) is 19.8 Å². The van der Waals surface area contributed by atoms with Gasteiger partial charge in [-0.3, -0.25) is 0 Å². The molecule has 0 fully saturated rings. The molecule has 0 bridgehead atoms. The zero-order chi connectivity index (χ0) is 13.4. The Kier molecular flexibility index (Phi) is 6.68. The Bertz CT molecular complexity index is 382. The molecule has 0 aliphatic heterocycles. The molecule has 1 aromatic rings. The molecule has 3 nitrogen and oxygen atoms in total. The average molecular weight is 266 g/mol. The third-order valence-electron chi connectivity index (χ3n) is 2.78. The predicted molar refractivity (Wildman–Crippen MR) is 81.3 cm³/mol. The molecule has 0 atom stereocenters. The molecule has 1 aromatic carbocycles. The third-order valence-corrected chi connectivity index (χ3v) is 3.02. The van der Waals surface area contributed by atoms with Crippen molar-refractivity contribution in [1.82, 2.24) is 0 Å². The largest absolute Gasteiger partial charge is 0.389 e. The van der Waals surface area contributed by atoms with Gasteiger partial charge in [-0.05, 0) is 18.6 Å². The molecule has 0 unspecified atom stereocenters. The molecule has 0 saturated carbocycles. The van der Waals surface area contributed by atoms with Gasteiger partial charge >= 0.3 is 0 Å². The number of thiocarbonyl (C=S) groups is 1. The molecule has 0 saturated heterocycles. The van der Waals surface area contributed by atoms with Crippen molar-refractivity contribution in [3.05, 3.63) is 29.8 Å². The first-order valence-corrected chi connectivity index (χ1v) is 6.74. The van der Waals surface area contributed by atoms with E-state index in [9.17, 15) is 0 Å². The van der Waals surface area contributed by atoms with Crippen molar-refractivity contribution < 1.29 is 4.74 Å². The minimum absolute atomic E-state index is 0.435. The van der Waals surface area contributed by atoms with Crippen molar-refractivity contribution >= 4 is 22.9 Å². The van der Waals surface area contributed by atoms with Crippen LogP contribution in [-0.4, -0.2) is 31.8 Å². The quantitative estimate of drug-likeness (QED) is 0.580. The number of unbranched alkanes of at least 4 members (excludes halogenated alkanes) is 1. The highest BCUT2D eigenvalue weighted by Crippen LogP contribution is 2.14. The average Bonchev–Trinajstić information content (AvgIpc) is 2.38. The number of ether oxygens (including phenoxy) is 1. The zero-order valence-corrected chi connectivity index (χ0v) is 12.0. The molecule has 0 aliphatic rings. The summed E-state index contributed by atoms with van der Waals surface area (Å²) in [6, 6.07) is 7.96. The van der Waals surface area contributed by atoms with Crippen molar-refractivity contribution in [2.24, 2.45) is 5.73 Å². The normalized spacial score (nSPS) is 10.3. The van der Waals surface area contributed by atoms with E-state index in [1.54, 1.807) is 0 Å². The zero-order valence-electron chi connectivity index (χ0n) is 11.2. The van der Waals surface area contributed by atoms with Crippen LogP contribution in [0.15, 0.2) is 24.3 Å².